The van der Waals surface area contributed by atoms with Crippen LogP contribution in [0.15, 0.2) is 0 Å². The topological polar surface area (TPSA) is 182 Å². The molecule has 0 aliphatic carbocycles. The van der Waals surface area contributed by atoms with Gasteiger partial charge in [-0.05, 0) is 19.4 Å². The van der Waals surface area contributed by atoms with Crippen molar-refractivity contribution in [2.45, 2.75) is 25.3 Å². The van der Waals surface area contributed by atoms with Gasteiger partial charge in [-0.25, -0.2) is 4.57 Å². The number of phosphoric acid groups is 1. The van der Waals surface area contributed by atoms with Gasteiger partial charge in [-0.3, -0.25) is 9.32 Å². The number of hydrogen-bond acceptors (Lipinski definition) is 6. The van der Waals surface area contributed by atoms with Gasteiger partial charge in [-0.1, -0.05) is 6.42 Å². The summed E-state index contributed by atoms with van der Waals surface area (Å²) < 4.78 is 13.7. The lowest BCUT2D eigenvalue weighted by Crippen LogP contribution is -2.29. The van der Waals surface area contributed by atoms with Crippen molar-refractivity contribution in [1.82, 2.24) is 0 Å². The van der Waals surface area contributed by atoms with Crippen LogP contribution in [0.4, 0.5) is 0 Å². The first-order valence-electron chi connectivity index (χ1n) is 5.33. The zero-order chi connectivity index (χ0) is 14.6. The lowest BCUT2D eigenvalue weighted by Gasteiger charge is -2.03. The Labute approximate surface area is 106 Å². The van der Waals surface area contributed by atoms with Crippen LogP contribution in [-0.4, -0.2) is 46.6 Å². The van der Waals surface area contributed by atoms with Crippen LogP contribution >= 0.6 is 7.82 Å². The molecule has 9 nitrogen and oxygen atoms in total. The second-order valence-electron chi connectivity index (χ2n) is 3.34. The van der Waals surface area contributed by atoms with Crippen LogP contribution in [0.5, 0.6) is 0 Å². The lowest BCUT2D eigenvalue weighted by atomic mass is 10.1. The molecule has 0 heterocycles. The van der Waals surface area contributed by atoms with Gasteiger partial charge in [-0.15, -0.1) is 0 Å². The van der Waals surface area contributed by atoms with E-state index in [1.165, 1.54) is 0 Å². The highest BCUT2D eigenvalue weighted by molar-refractivity contribution is 7.46. The Balaban J connectivity index is 0. The Morgan fingerprint density at radius 3 is 2.06 bits per heavy atom. The second-order valence-corrected chi connectivity index (χ2v) is 4.58. The summed E-state index contributed by atoms with van der Waals surface area (Å²) in [5.74, 6) is -0.933. The molecule has 0 bridgehead atoms. The first-order chi connectivity index (χ1) is 8.24. The van der Waals surface area contributed by atoms with Gasteiger partial charge < -0.3 is 32.1 Å². The van der Waals surface area contributed by atoms with Gasteiger partial charge in [0.1, 0.15) is 6.04 Å². The third-order valence-electron chi connectivity index (χ3n) is 1.66. The maximum Gasteiger partial charge on any atom is 0.469 e. The molecule has 110 valence electrons. The zero-order valence-corrected chi connectivity index (χ0v) is 11.0. The maximum atomic E-state index is 10.1. The molecule has 0 amide bonds. The largest absolute Gasteiger partial charge is 0.480 e. The summed E-state index contributed by atoms with van der Waals surface area (Å²) >= 11 is 0. The summed E-state index contributed by atoms with van der Waals surface area (Å²) in [6.45, 7) is 0.613. The van der Waals surface area contributed by atoms with Crippen molar-refractivity contribution in [3.63, 3.8) is 0 Å². The third kappa shape index (κ3) is 17.8. The summed E-state index contributed by atoms with van der Waals surface area (Å²) in [5, 5.41) is 8.33. The number of unbranched alkanes of at least 4 members (excludes halogenated alkanes) is 1. The van der Waals surface area contributed by atoms with Crippen molar-refractivity contribution in [3.8, 4) is 0 Å². The van der Waals surface area contributed by atoms with Gasteiger partial charge in [0, 0.05) is 6.54 Å². The highest BCUT2D eigenvalue weighted by atomic mass is 31.2. The Kier molecular flexibility index (Phi) is 12.7. The second kappa shape index (κ2) is 11.5. The summed E-state index contributed by atoms with van der Waals surface area (Å²) in [7, 11) is -4.26. The molecule has 0 fully saturated rings. The highest BCUT2D eigenvalue weighted by Crippen LogP contribution is 2.34. The highest BCUT2D eigenvalue weighted by Gasteiger charge is 2.11. The summed E-state index contributed by atoms with van der Waals surface area (Å²) in [5.41, 5.74) is 15.3. The van der Waals surface area contributed by atoms with Crippen molar-refractivity contribution in [3.05, 3.63) is 0 Å². The van der Waals surface area contributed by atoms with E-state index in [2.05, 4.69) is 4.52 Å². The first-order valence-corrected chi connectivity index (χ1v) is 6.86. The molecule has 0 saturated carbocycles. The number of carboxylic acids is 1. The molecule has 0 rings (SSSR count). The monoisotopic (exact) mass is 287 g/mol. The average molecular weight is 287 g/mol. The minimum atomic E-state index is -4.26. The molecular weight excluding hydrogens is 265 g/mol. The molecule has 0 radical (unpaired) electrons. The Bertz CT molecular complexity index is 259. The van der Waals surface area contributed by atoms with E-state index in [4.69, 9.17) is 32.1 Å². The number of carboxylic acid groups (broad SMARTS) is 1. The molecule has 9 N–H and O–H groups in total. The van der Waals surface area contributed by atoms with Crippen LogP contribution in [0.3, 0.4) is 0 Å². The smallest absolute Gasteiger partial charge is 0.469 e. The van der Waals surface area contributed by atoms with Crippen LogP contribution in [-0.2, 0) is 13.9 Å². The fourth-order valence-corrected chi connectivity index (χ4v) is 1.15. The Morgan fingerprint density at radius 1 is 1.22 bits per heavy atom. The fourth-order valence-electron chi connectivity index (χ4n) is 0.804. The Hall–Kier alpha value is -0.540. The number of carbonyl (C=O) groups is 1. The number of phosphoric ester groups is 1. The lowest BCUT2D eigenvalue weighted by molar-refractivity contribution is -0.138. The van der Waals surface area contributed by atoms with E-state index in [9.17, 15) is 9.36 Å². The predicted molar refractivity (Wildman–Crippen MR) is 65.6 cm³/mol. The number of rotatable bonds is 8. The number of aliphatic carboxylic acids is 1. The summed E-state index contributed by atoms with van der Waals surface area (Å²) in [4.78, 5) is 26.1. The molecule has 0 aromatic carbocycles. The fraction of sp³-hybridized carbons (Fsp3) is 0.875. The minimum Gasteiger partial charge on any atom is -0.480 e. The van der Waals surface area contributed by atoms with Crippen LogP contribution in [0.25, 0.3) is 0 Å². The first kappa shape index (κ1) is 19.8. The molecule has 1 unspecified atom stereocenters. The molecule has 0 aromatic heterocycles. The summed E-state index contributed by atoms with van der Waals surface area (Å²) in [6.07, 6.45) is 2.16. The molecule has 18 heavy (non-hydrogen) atoms. The molecule has 0 spiro atoms. The molecule has 0 aromatic rings. The van der Waals surface area contributed by atoms with Crippen molar-refractivity contribution in [2.24, 2.45) is 17.2 Å². The van der Waals surface area contributed by atoms with Crippen LogP contribution in [0, 0.1) is 0 Å². The van der Waals surface area contributed by atoms with E-state index < -0.39 is 19.8 Å². The van der Waals surface area contributed by atoms with Crippen molar-refractivity contribution < 1.29 is 28.8 Å². The Morgan fingerprint density at radius 2 is 1.78 bits per heavy atom. The van der Waals surface area contributed by atoms with E-state index in [0.717, 1.165) is 12.8 Å². The van der Waals surface area contributed by atoms with E-state index in [0.29, 0.717) is 13.0 Å². The SMILES string of the molecule is NCCCCC(N)C(=O)O.NCCOP(=O)(O)O. The predicted octanol–water partition coefficient (Wildman–Crippen LogP) is -1.42. The normalized spacial score (nSPS) is 12.5. The van der Waals surface area contributed by atoms with Gasteiger partial charge in [0.15, 0.2) is 0 Å². The van der Waals surface area contributed by atoms with Crippen LogP contribution in [0.1, 0.15) is 19.3 Å². The van der Waals surface area contributed by atoms with Crippen LogP contribution in [0.2, 0.25) is 0 Å². The molecule has 10 heteroatoms. The third-order valence-corrected chi connectivity index (χ3v) is 2.18. The van der Waals surface area contributed by atoms with E-state index in [1.807, 2.05) is 0 Å². The maximum absolute atomic E-state index is 10.1. The van der Waals surface area contributed by atoms with Crippen molar-refractivity contribution in [2.75, 3.05) is 19.7 Å². The van der Waals surface area contributed by atoms with Crippen molar-refractivity contribution in [1.29, 1.82) is 0 Å². The zero-order valence-electron chi connectivity index (χ0n) is 10.1. The summed E-state index contributed by atoms with van der Waals surface area (Å²) in [6, 6.07) is -0.716. The minimum absolute atomic E-state index is 0.107. The van der Waals surface area contributed by atoms with Gasteiger partial charge in [0.25, 0.3) is 0 Å². The van der Waals surface area contributed by atoms with Crippen LogP contribution < -0.4 is 17.2 Å². The van der Waals surface area contributed by atoms with Crippen molar-refractivity contribution >= 4 is 13.8 Å². The molecule has 0 aliphatic heterocycles. The standard InChI is InChI=1S/C6H14N2O2.C2H8NO4P/c7-4-2-1-3-5(8)6(9)10;3-1-2-7-8(4,5)6/h5H,1-4,7-8H2,(H,9,10);1-3H2,(H2,4,5,6). The molecular formula is C8H22N3O6P. The van der Waals surface area contributed by atoms with E-state index in [1.54, 1.807) is 0 Å². The van der Waals surface area contributed by atoms with E-state index >= 15 is 0 Å². The van der Waals surface area contributed by atoms with E-state index in [-0.39, 0.29) is 13.2 Å². The van der Waals surface area contributed by atoms with Gasteiger partial charge in [-0.2, -0.15) is 0 Å². The number of nitrogens with two attached hydrogens (primary N) is 3. The average Bonchev–Trinajstić information content (AvgIpc) is 2.26. The van der Waals surface area contributed by atoms with Gasteiger partial charge in [0.05, 0.1) is 6.61 Å². The molecule has 0 aliphatic rings. The number of hydrogen-bond donors (Lipinski definition) is 6. The van der Waals surface area contributed by atoms with Gasteiger partial charge >= 0.3 is 13.8 Å². The molecule has 0 saturated heterocycles. The quantitative estimate of drug-likeness (QED) is 0.230. The van der Waals surface area contributed by atoms with Gasteiger partial charge in [0.2, 0.25) is 0 Å². The molecule has 1 atom stereocenters.